The molecule has 0 spiro atoms. The van der Waals surface area contributed by atoms with Gasteiger partial charge in [-0.3, -0.25) is 14.4 Å². The molecule has 8 nitrogen and oxygen atoms in total. The Labute approximate surface area is 214 Å². The monoisotopic (exact) mass is 459 g/mol. The summed E-state index contributed by atoms with van der Waals surface area (Å²) in [5, 5.41) is 14.3. The van der Waals surface area contributed by atoms with Crippen LogP contribution in [0.15, 0.2) is 66.4 Å². The third-order valence-electron chi connectivity index (χ3n) is 5.20. The molecule has 3 rings (SSSR count). The van der Waals surface area contributed by atoms with Gasteiger partial charge >= 0.3 is 41.6 Å². The Morgan fingerprint density at radius 2 is 1.73 bits per heavy atom. The zero-order valence-electron chi connectivity index (χ0n) is 17.9. The van der Waals surface area contributed by atoms with Gasteiger partial charge in [-0.05, 0) is 30.0 Å². The molecule has 1 heterocycles. The van der Waals surface area contributed by atoms with Crippen molar-refractivity contribution in [3.05, 3.63) is 83.1 Å². The van der Waals surface area contributed by atoms with Crippen LogP contribution in [0.25, 0.3) is 0 Å². The number of Topliss-reactive ketones (excluding diaryl/α,β-unsaturated/α-hetero) is 1. The SMILES string of the molecule is CC1=CN(C)C(=O)C(NC(=O)NC(CC(=O)O)c2cccc(Cc3ccccc3)c2)C1=O.[NaH]. The summed E-state index contributed by atoms with van der Waals surface area (Å²) in [7, 11) is 1.50. The number of benzene rings is 2. The Balaban J connectivity index is 0.00000385. The van der Waals surface area contributed by atoms with Crippen molar-refractivity contribution in [2.75, 3.05) is 7.05 Å². The third-order valence-corrected chi connectivity index (χ3v) is 5.20. The van der Waals surface area contributed by atoms with Crippen LogP contribution in [0, 0.1) is 0 Å². The Hall–Kier alpha value is -2.94. The molecular weight excluding hydrogens is 433 g/mol. The number of nitrogens with zero attached hydrogens (tertiary/aromatic N) is 1. The molecule has 2 unspecified atom stereocenters. The van der Waals surface area contributed by atoms with Crippen molar-refractivity contribution in [3.8, 4) is 0 Å². The standard InChI is InChI=1S/C24H25N3O5.Na.H/c1-15-14-27(2)23(31)21(22(15)30)26-24(32)25-19(13-20(28)29)18-10-6-9-17(12-18)11-16-7-4-3-5-8-16;;/h3-10,12,14,19,21H,11,13H2,1-2H3,(H,28,29)(H2,25,26,32);;. The molecule has 0 bridgehead atoms. The minimum absolute atomic E-state index is 0. The molecule has 9 heteroatoms. The first-order chi connectivity index (χ1) is 15.2. The summed E-state index contributed by atoms with van der Waals surface area (Å²) in [5.41, 5.74) is 3.02. The number of urea groups is 1. The second-order valence-electron chi connectivity index (χ2n) is 7.73. The van der Waals surface area contributed by atoms with Crippen LogP contribution in [0.5, 0.6) is 0 Å². The van der Waals surface area contributed by atoms with Crippen molar-refractivity contribution in [2.45, 2.75) is 31.8 Å². The zero-order chi connectivity index (χ0) is 23.3. The van der Waals surface area contributed by atoms with Gasteiger partial charge in [-0.25, -0.2) is 4.79 Å². The third kappa shape index (κ3) is 7.02. The second kappa shape index (κ2) is 11.8. The Bertz CT molecular complexity index is 1070. The number of carboxylic acids is 1. The Morgan fingerprint density at radius 1 is 1.06 bits per heavy atom. The number of carboxylic acid groups (broad SMARTS) is 1. The van der Waals surface area contributed by atoms with Crippen LogP contribution in [0.3, 0.4) is 0 Å². The van der Waals surface area contributed by atoms with Crippen LogP contribution in [0.1, 0.15) is 36.1 Å². The summed E-state index contributed by atoms with van der Waals surface area (Å²) in [4.78, 5) is 49.9. The van der Waals surface area contributed by atoms with Gasteiger partial charge < -0.3 is 20.6 Å². The number of amides is 3. The van der Waals surface area contributed by atoms with Crippen LogP contribution < -0.4 is 10.6 Å². The number of likely N-dealkylation sites (N-methyl/N-ethyl adjacent to an activating group) is 1. The number of nitrogens with one attached hydrogen (secondary N) is 2. The van der Waals surface area contributed by atoms with Crippen molar-refractivity contribution >= 4 is 53.2 Å². The van der Waals surface area contributed by atoms with Crippen molar-refractivity contribution in [1.29, 1.82) is 0 Å². The van der Waals surface area contributed by atoms with Crippen LogP contribution in [-0.2, 0) is 20.8 Å². The van der Waals surface area contributed by atoms with Crippen molar-refractivity contribution in [3.63, 3.8) is 0 Å². The van der Waals surface area contributed by atoms with Gasteiger partial charge in [0.05, 0.1) is 12.5 Å². The van der Waals surface area contributed by atoms with Crippen molar-refractivity contribution in [1.82, 2.24) is 15.5 Å². The molecule has 3 N–H and O–H groups in total. The molecule has 33 heavy (non-hydrogen) atoms. The predicted octanol–water partition coefficient (Wildman–Crippen LogP) is 1.76. The number of carbonyl (C=O) groups excluding carboxylic acids is 3. The van der Waals surface area contributed by atoms with Crippen molar-refractivity contribution in [2.24, 2.45) is 0 Å². The zero-order valence-corrected chi connectivity index (χ0v) is 17.9. The molecule has 1 aliphatic rings. The second-order valence-corrected chi connectivity index (χ2v) is 7.73. The molecule has 0 saturated heterocycles. The predicted molar refractivity (Wildman–Crippen MR) is 125 cm³/mol. The molecule has 0 radical (unpaired) electrons. The molecule has 0 saturated carbocycles. The normalized spacial score (nSPS) is 16.4. The van der Waals surface area contributed by atoms with E-state index in [1.165, 1.54) is 18.1 Å². The van der Waals surface area contributed by atoms with E-state index in [0.717, 1.165) is 11.1 Å². The summed E-state index contributed by atoms with van der Waals surface area (Å²) in [6.45, 7) is 1.56. The Kier molecular flexibility index (Phi) is 9.40. The fourth-order valence-electron chi connectivity index (χ4n) is 3.60. The first-order valence-electron chi connectivity index (χ1n) is 10.2. The molecule has 2 aromatic rings. The van der Waals surface area contributed by atoms with Gasteiger partial charge in [0.25, 0.3) is 5.91 Å². The molecule has 0 aromatic heterocycles. The molecule has 2 aromatic carbocycles. The molecule has 1 aliphatic heterocycles. The molecule has 2 atom stereocenters. The van der Waals surface area contributed by atoms with Crippen LogP contribution >= 0.6 is 0 Å². The summed E-state index contributed by atoms with van der Waals surface area (Å²) in [6, 6.07) is 14.2. The van der Waals surface area contributed by atoms with Gasteiger partial charge in [0.15, 0.2) is 11.8 Å². The summed E-state index contributed by atoms with van der Waals surface area (Å²) < 4.78 is 0. The number of carbonyl (C=O) groups is 4. The van der Waals surface area contributed by atoms with E-state index in [2.05, 4.69) is 10.6 Å². The average Bonchev–Trinajstić information content (AvgIpc) is 2.75. The van der Waals surface area contributed by atoms with Gasteiger partial charge in [-0.2, -0.15) is 0 Å². The van der Waals surface area contributed by atoms with Crippen LogP contribution in [0.2, 0.25) is 0 Å². The van der Waals surface area contributed by atoms with Crippen molar-refractivity contribution < 1.29 is 24.3 Å². The summed E-state index contributed by atoms with van der Waals surface area (Å²) >= 11 is 0. The van der Waals surface area contributed by atoms with E-state index in [0.29, 0.717) is 17.6 Å². The number of hydrogen-bond donors (Lipinski definition) is 3. The fourth-order valence-corrected chi connectivity index (χ4v) is 3.60. The summed E-state index contributed by atoms with van der Waals surface area (Å²) in [5.74, 6) is -2.15. The molecular formula is C24H26N3NaO5. The molecule has 0 fully saturated rings. The first-order valence-corrected chi connectivity index (χ1v) is 10.2. The van der Waals surface area contributed by atoms with Gasteiger partial charge in [-0.15, -0.1) is 0 Å². The Morgan fingerprint density at radius 3 is 2.39 bits per heavy atom. The van der Waals surface area contributed by atoms with Gasteiger partial charge in [-0.1, -0.05) is 54.6 Å². The van der Waals surface area contributed by atoms with Gasteiger partial charge in [0.1, 0.15) is 0 Å². The first kappa shape index (κ1) is 26.3. The van der Waals surface area contributed by atoms with Crippen LogP contribution in [0.4, 0.5) is 4.79 Å². The molecule has 3 amide bonds. The number of aliphatic carboxylic acids is 1. The van der Waals surface area contributed by atoms with E-state index < -0.39 is 35.8 Å². The summed E-state index contributed by atoms with van der Waals surface area (Å²) in [6.07, 6.45) is 1.71. The topological polar surface area (TPSA) is 116 Å². The average molecular weight is 459 g/mol. The minimum atomic E-state index is -1.35. The van der Waals surface area contributed by atoms with E-state index in [-0.39, 0.29) is 36.0 Å². The fraction of sp³-hybridized carbons (Fsp3) is 0.250. The van der Waals surface area contributed by atoms with Crippen LogP contribution in [-0.4, -0.2) is 76.3 Å². The maximum absolute atomic E-state index is 12.6. The van der Waals surface area contributed by atoms with E-state index in [9.17, 15) is 24.3 Å². The number of ketones is 1. The van der Waals surface area contributed by atoms with E-state index >= 15 is 0 Å². The van der Waals surface area contributed by atoms with E-state index in [1.54, 1.807) is 19.1 Å². The van der Waals surface area contributed by atoms with Gasteiger partial charge in [0.2, 0.25) is 0 Å². The van der Waals surface area contributed by atoms with Gasteiger partial charge in [0, 0.05) is 18.8 Å². The molecule has 0 aliphatic carbocycles. The van der Waals surface area contributed by atoms with E-state index in [1.807, 2.05) is 42.5 Å². The molecule has 168 valence electrons. The van der Waals surface area contributed by atoms with E-state index in [4.69, 9.17) is 0 Å². The number of rotatable bonds is 7. The maximum atomic E-state index is 12.6. The number of hydrogen-bond acceptors (Lipinski definition) is 4. The quantitative estimate of drug-likeness (QED) is 0.431.